The van der Waals surface area contributed by atoms with Crippen molar-refractivity contribution in [3.05, 3.63) is 22.4 Å². The molecule has 1 aromatic rings. The maximum atomic E-state index is 11.4. The van der Waals surface area contributed by atoms with Crippen molar-refractivity contribution in [2.75, 3.05) is 7.11 Å². The molecule has 0 aromatic carbocycles. The van der Waals surface area contributed by atoms with Crippen LogP contribution < -0.4 is 0 Å². The molecule has 1 atom stereocenters. The van der Waals surface area contributed by atoms with Gasteiger partial charge in [-0.05, 0) is 18.4 Å². The second-order valence-corrected chi connectivity index (χ2v) is 3.92. The average molecular weight is 228 g/mol. The fraction of sp³-hybridized carbons (Fsp3) is 0.400. The van der Waals surface area contributed by atoms with Gasteiger partial charge in [-0.25, -0.2) is 4.79 Å². The molecule has 0 N–H and O–H groups in total. The van der Waals surface area contributed by atoms with Crippen LogP contribution in [0.3, 0.4) is 0 Å². The van der Waals surface area contributed by atoms with Crippen LogP contribution in [0, 0.1) is 0 Å². The lowest BCUT2D eigenvalue weighted by Crippen LogP contribution is -2.18. The third kappa shape index (κ3) is 3.71. The van der Waals surface area contributed by atoms with Gasteiger partial charge in [-0.3, -0.25) is 4.79 Å². The van der Waals surface area contributed by atoms with E-state index in [1.807, 2.05) is 0 Å². The second-order valence-electron chi connectivity index (χ2n) is 2.97. The first-order valence-corrected chi connectivity index (χ1v) is 5.32. The van der Waals surface area contributed by atoms with E-state index in [9.17, 15) is 9.59 Å². The molecule has 0 aliphatic rings. The van der Waals surface area contributed by atoms with Gasteiger partial charge in [0.2, 0.25) is 0 Å². The van der Waals surface area contributed by atoms with Crippen LogP contribution in [0.1, 0.15) is 23.0 Å². The molecule has 5 heteroatoms. The predicted molar refractivity (Wildman–Crippen MR) is 55.8 cm³/mol. The van der Waals surface area contributed by atoms with Crippen LogP contribution in [0.25, 0.3) is 0 Å². The fourth-order valence-corrected chi connectivity index (χ4v) is 1.60. The molecule has 0 bridgehead atoms. The lowest BCUT2D eigenvalue weighted by Gasteiger charge is -2.10. The highest BCUT2D eigenvalue weighted by Gasteiger charge is 2.15. The molecule has 15 heavy (non-hydrogen) atoms. The van der Waals surface area contributed by atoms with Crippen LogP contribution in [0.4, 0.5) is 0 Å². The van der Waals surface area contributed by atoms with Gasteiger partial charge >= 0.3 is 11.9 Å². The van der Waals surface area contributed by atoms with Gasteiger partial charge < -0.3 is 9.47 Å². The maximum Gasteiger partial charge on any atom is 0.348 e. The molecule has 1 aromatic heterocycles. The molecule has 0 aliphatic heterocycles. The van der Waals surface area contributed by atoms with Crippen LogP contribution in [-0.2, 0) is 14.3 Å². The number of hydrogen-bond donors (Lipinski definition) is 0. The lowest BCUT2D eigenvalue weighted by atomic mass is 10.3. The van der Waals surface area contributed by atoms with Crippen molar-refractivity contribution in [3.63, 3.8) is 0 Å². The Morgan fingerprint density at radius 3 is 2.80 bits per heavy atom. The van der Waals surface area contributed by atoms with Gasteiger partial charge in [-0.1, -0.05) is 6.07 Å². The number of ether oxygens (including phenoxy) is 2. The van der Waals surface area contributed by atoms with E-state index < -0.39 is 12.1 Å². The Morgan fingerprint density at radius 2 is 2.27 bits per heavy atom. The van der Waals surface area contributed by atoms with E-state index in [0.717, 1.165) is 0 Å². The molecule has 82 valence electrons. The zero-order valence-corrected chi connectivity index (χ0v) is 9.37. The quantitative estimate of drug-likeness (QED) is 0.738. The van der Waals surface area contributed by atoms with E-state index in [2.05, 4.69) is 4.74 Å². The molecular weight excluding hydrogens is 216 g/mol. The predicted octanol–water partition coefficient (Wildman–Crippen LogP) is 1.86. The Kier molecular flexibility index (Phi) is 4.30. The van der Waals surface area contributed by atoms with E-state index >= 15 is 0 Å². The SMILES string of the molecule is COC(=O)C[C@@H](C)OC(=O)c1cccs1. The molecule has 0 aliphatic carbocycles. The molecule has 0 saturated carbocycles. The highest BCUT2D eigenvalue weighted by atomic mass is 32.1. The number of carbonyl (C=O) groups is 2. The Balaban J connectivity index is 2.42. The summed E-state index contributed by atoms with van der Waals surface area (Å²) in [5, 5.41) is 1.79. The minimum absolute atomic E-state index is 0.0770. The van der Waals surface area contributed by atoms with E-state index in [1.165, 1.54) is 18.4 Å². The van der Waals surface area contributed by atoms with Gasteiger partial charge in [0.15, 0.2) is 0 Å². The Hall–Kier alpha value is -1.36. The molecule has 1 rings (SSSR count). The van der Waals surface area contributed by atoms with Gasteiger partial charge in [-0.15, -0.1) is 11.3 Å². The van der Waals surface area contributed by atoms with Gasteiger partial charge in [-0.2, -0.15) is 0 Å². The number of carbonyl (C=O) groups excluding carboxylic acids is 2. The smallest absolute Gasteiger partial charge is 0.348 e. The number of hydrogen-bond acceptors (Lipinski definition) is 5. The summed E-state index contributed by atoms with van der Waals surface area (Å²) >= 11 is 1.31. The molecule has 0 radical (unpaired) electrons. The summed E-state index contributed by atoms with van der Waals surface area (Å²) in [6.45, 7) is 1.66. The number of esters is 2. The number of methoxy groups -OCH3 is 1. The van der Waals surface area contributed by atoms with Crippen LogP contribution in [0.2, 0.25) is 0 Å². The summed E-state index contributed by atoms with van der Waals surface area (Å²) in [7, 11) is 1.30. The van der Waals surface area contributed by atoms with Crippen molar-refractivity contribution in [2.24, 2.45) is 0 Å². The van der Waals surface area contributed by atoms with Crippen molar-refractivity contribution in [3.8, 4) is 0 Å². The number of rotatable bonds is 4. The van der Waals surface area contributed by atoms with Crippen molar-refractivity contribution in [1.82, 2.24) is 0 Å². The molecule has 0 fully saturated rings. The van der Waals surface area contributed by atoms with Crippen molar-refractivity contribution in [2.45, 2.75) is 19.4 Å². The Labute approximate surface area is 91.8 Å². The zero-order chi connectivity index (χ0) is 11.3. The van der Waals surface area contributed by atoms with Gasteiger partial charge in [0.1, 0.15) is 11.0 Å². The van der Waals surface area contributed by atoms with Crippen LogP contribution in [0.5, 0.6) is 0 Å². The summed E-state index contributed by atoms with van der Waals surface area (Å²) in [5.74, 6) is -0.789. The molecule has 0 amide bonds. The largest absolute Gasteiger partial charge is 0.469 e. The van der Waals surface area contributed by atoms with Crippen LogP contribution in [0.15, 0.2) is 17.5 Å². The summed E-state index contributed by atoms with van der Waals surface area (Å²) in [4.78, 5) is 22.8. The summed E-state index contributed by atoms with van der Waals surface area (Å²) < 4.78 is 9.50. The molecule has 4 nitrogen and oxygen atoms in total. The fourth-order valence-electron chi connectivity index (χ4n) is 0.995. The van der Waals surface area contributed by atoms with Crippen LogP contribution in [-0.4, -0.2) is 25.2 Å². The van der Waals surface area contributed by atoms with E-state index in [1.54, 1.807) is 24.4 Å². The van der Waals surface area contributed by atoms with Crippen molar-refractivity contribution in [1.29, 1.82) is 0 Å². The van der Waals surface area contributed by atoms with Crippen molar-refractivity contribution < 1.29 is 19.1 Å². The molecule has 0 unspecified atom stereocenters. The second kappa shape index (κ2) is 5.50. The highest BCUT2D eigenvalue weighted by Crippen LogP contribution is 2.12. The minimum Gasteiger partial charge on any atom is -0.469 e. The monoisotopic (exact) mass is 228 g/mol. The summed E-state index contributed by atoms with van der Waals surface area (Å²) in [5.41, 5.74) is 0. The Morgan fingerprint density at radius 1 is 1.53 bits per heavy atom. The van der Waals surface area contributed by atoms with Crippen LogP contribution >= 0.6 is 11.3 Å². The number of thiophene rings is 1. The maximum absolute atomic E-state index is 11.4. The minimum atomic E-state index is -0.466. The third-order valence-electron chi connectivity index (χ3n) is 1.71. The first-order chi connectivity index (χ1) is 7.13. The van der Waals surface area contributed by atoms with Crippen molar-refractivity contribution >= 4 is 23.3 Å². The summed E-state index contributed by atoms with van der Waals surface area (Å²) in [6, 6.07) is 3.45. The van der Waals surface area contributed by atoms with E-state index in [4.69, 9.17) is 4.74 Å². The molecular formula is C10H12O4S. The molecule has 0 saturated heterocycles. The standard InChI is InChI=1S/C10H12O4S/c1-7(6-9(11)13-2)14-10(12)8-4-3-5-15-8/h3-5,7H,6H2,1-2H3/t7-/m1/s1. The zero-order valence-electron chi connectivity index (χ0n) is 8.56. The first-order valence-electron chi connectivity index (χ1n) is 4.44. The normalized spacial score (nSPS) is 11.9. The lowest BCUT2D eigenvalue weighted by molar-refractivity contribution is -0.142. The van der Waals surface area contributed by atoms with Gasteiger partial charge in [0, 0.05) is 0 Å². The topological polar surface area (TPSA) is 52.6 Å². The highest BCUT2D eigenvalue weighted by molar-refractivity contribution is 7.11. The third-order valence-corrected chi connectivity index (χ3v) is 2.56. The Bertz CT molecular complexity index is 331. The van der Waals surface area contributed by atoms with E-state index in [0.29, 0.717) is 4.88 Å². The average Bonchev–Trinajstić information content (AvgIpc) is 2.70. The van der Waals surface area contributed by atoms with Gasteiger partial charge in [0.05, 0.1) is 13.5 Å². The molecule has 1 heterocycles. The van der Waals surface area contributed by atoms with Gasteiger partial charge in [0.25, 0.3) is 0 Å². The first kappa shape index (κ1) is 11.7. The summed E-state index contributed by atoms with van der Waals surface area (Å²) in [6.07, 6.45) is -0.389. The molecule has 0 spiro atoms. The van der Waals surface area contributed by atoms with E-state index in [-0.39, 0.29) is 12.4 Å².